The van der Waals surface area contributed by atoms with E-state index in [1.54, 1.807) is 0 Å². The van der Waals surface area contributed by atoms with Gasteiger partial charge in [0.25, 0.3) is 0 Å². The van der Waals surface area contributed by atoms with Gasteiger partial charge in [-0.15, -0.1) is 0 Å². The molecule has 0 radical (unpaired) electrons. The lowest BCUT2D eigenvalue weighted by atomic mass is 9.87. The summed E-state index contributed by atoms with van der Waals surface area (Å²) < 4.78 is 0. The van der Waals surface area contributed by atoms with Crippen molar-refractivity contribution in [1.29, 1.82) is 0 Å². The van der Waals surface area contributed by atoms with Crippen LogP contribution in [0, 0.1) is 11.8 Å². The summed E-state index contributed by atoms with van der Waals surface area (Å²) in [6, 6.07) is 0.717. The second-order valence-corrected chi connectivity index (χ2v) is 7.91. The van der Waals surface area contributed by atoms with E-state index < -0.39 is 0 Å². The van der Waals surface area contributed by atoms with E-state index in [9.17, 15) is 0 Å². The van der Waals surface area contributed by atoms with Crippen molar-refractivity contribution in [2.75, 3.05) is 39.3 Å². The van der Waals surface area contributed by atoms with Gasteiger partial charge in [0, 0.05) is 31.2 Å². The quantitative estimate of drug-likeness (QED) is 0.841. The van der Waals surface area contributed by atoms with Crippen LogP contribution in [0.2, 0.25) is 0 Å². The monoisotopic (exact) mass is 295 g/mol. The highest BCUT2D eigenvalue weighted by Gasteiger charge is 2.36. The Kier molecular flexibility index (Phi) is 6.10. The van der Waals surface area contributed by atoms with Gasteiger partial charge in [-0.25, -0.2) is 0 Å². The third kappa shape index (κ3) is 4.43. The number of nitrogens with one attached hydrogen (secondary N) is 1. The molecule has 2 heterocycles. The second kappa shape index (κ2) is 7.43. The summed E-state index contributed by atoms with van der Waals surface area (Å²) in [4.78, 5) is 5.42. The number of rotatable bonds is 5. The van der Waals surface area contributed by atoms with Crippen LogP contribution < -0.4 is 5.32 Å². The molecule has 2 aliphatic rings. The molecule has 0 bridgehead atoms. The van der Waals surface area contributed by atoms with Crippen molar-refractivity contribution < 1.29 is 0 Å². The van der Waals surface area contributed by atoms with Crippen LogP contribution in [0.15, 0.2) is 0 Å². The molecular weight excluding hydrogens is 258 g/mol. The standard InChI is InChI=1S/C18H37N3/c1-6-18(5)14-21(17(12-19-18)15(3)4)13-16-8-10-20(7-2)11-9-16/h15-17,19H,6-14H2,1-5H3. The van der Waals surface area contributed by atoms with Gasteiger partial charge >= 0.3 is 0 Å². The molecule has 0 spiro atoms. The molecular formula is C18H37N3. The molecule has 0 amide bonds. The number of piperidine rings is 1. The van der Waals surface area contributed by atoms with Crippen molar-refractivity contribution in [3.8, 4) is 0 Å². The van der Waals surface area contributed by atoms with Gasteiger partial charge in [0.1, 0.15) is 0 Å². The number of hydrogen-bond donors (Lipinski definition) is 1. The smallest absolute Gasteiger partial charge is 0.0278 e. The molecule has 0 saturated carbocycles. The molecule has 2 fully saturated rings. The van der Waals surface area contributed by atoms with Crippen LogP contribution in [-0.2, 0) is 0 Å². The summed E-state index contributed by atoms with van der Waals surface area (Å²) in [6.07, 6.45) is 4.01. The lowest BCUT2D eigenvalue weighted by molar-refractivity contribution is 0.0361. The van der Waals surface area contributed by atoms with E-state index in [1.807, 2.05) is 0 Å². The maximum Gasteiger partial charge on any atom is 0.0278 e. The van der Waals surface area contributed by atoms with Gasteiger partial charge in [-0.3, -0.25) is 4.90 Å². The summed E-state index contributed by atoms with van der Waals surface area (Å²) >= 11 is 0. The van der Waals surface area contributed by atoms with Gasteiger partial charge in [-0.05, 0) is 57.7 Å². The van der Waals surface area contributed by atoms with E-state index in [0.29, 0.717) is 11.6 Å². The zero-order valence-corrected chi connectivity index (χ0v) is 15.0. The summed E-state index contributed by atoms with van der Waals surface area (Å²) in [5.41, 5.74) is 0.315. The maximum atomic E-state index is 3.81. The van der Waals surface area contributed by atoms with Gasteiger partial charge in [-0.2, -0.15) is 0 Å². The number of hydrogen-bond acceptors (Lipinski definition) is 3. The van der Waals surface area contributed by atoms with Crippen molar-refractivity contribution in [3.05, 3.63) is 0 Å². The fourth-order valence-electron chi connectivity index (χ4n) is 4.01. The zero-order chi connectivity index (χ0) is 15.5. The largest absolute Gasteiger partial charge is 0.309 e. The summed E-state index contributed by atoms with van der Waals surface area (Å²) in [6.45, 7) is 19.3. The zero-order valence-electron chi connectivity index (χ0n) is 15.0. The third-order valence-electron chi connectivity index (χ3n) is 5.96. The van der Waals surface area contributed by atoms with E-state index in [4.69, 9.17) is 0 Å². The highest BCUT2D eigenvalue weighted by molar-refractivity contribution is 4.96. The summed E-state index contributed by atoms with van der Waals surface area (Å²) in [5.74, 6) is 1.66. The Bertz CT molecular complexity index is 310. The fraction of sp³-hybridized carbons (Fsp3) is 1.00. The lowest BCUT2D eigenvalue weighted by Gasteiger charge is -2.49. The van der Waals surface area contributed by atoms with Crippen molar-refractivity contribution in [1.82, 2.24) is 15.1 Å². The third-order valence-corrected chi connectivity index (χ3v) is 5.96. The average Bonchev–Trinajstić information content (AvgIpc) is 2.48. The molecule has 1 N–H and O–H groups in total. The fourth-order valence-corrected chi connectivity index (χ4v) is 4.01. The first-order valence-electron chi connectivity index (χ1n) is 9.19. The van der Waals surface area contributed by atoms with E-state index >= 15 is 0 Å². The van der Waals surface area contributed by atoms with Crippen LogP contribution in [0.25, 0.3) is 0 Å². The van der Waals surface area contributed by atoms with E-state index in [2.05, 4.69) is 49.7 Å². The highest BCUT2D eigenvalue weighted by Crippen LogP contribution is 2.26. The predicted molar refractivity (Wildman–Crippen MR) is 91.7 cm³/mol. The molecule has 2 rings (SSSR count). The molecule has 3 nitrogen and oxygen atoms in total. The minimum absolute atomic E-state index is 0.315. The van der Waals surface area contributed by atoms with Crippen molar-refractivity contribution in [2.45, 2.75) is 65.5 Å². The number of piperazine rings is 1. The number of nitrogens with zero attached hydrogens (tertiary/aromatic N) is 2. The normalized spacial score (nSPS) is 33.7. The van der Waals surface area contributed by atoms with Crippen molar-refractivity contribution in [3.63, 3.8) is 0 Å². The molecule has 2 atom stereocenters. The van der Waals surface area contributed by atoms with Crippen LogP contribution in [-0.4, -0.2) is 60.6 Å². The van der Waals surface area contributed by atoms with Crippen LogP contribution in [0.1, 0.15) is 53.9 Å². The van der Waals surface area contributed by atoms with Crippen molar-refractivity contribution in [2.24, 2.45) is 11.8 Å². The maximum absolute atomic E-state index is 3.81. The summed E-state index contributed by atoms with van der Waals surface area (Å²) in [5, 5.41) is 3.81. The Balaban J connectivity index is 1.93. The van der Waals surface area contributed by atoms with Gasteiger partial charge in [-0.1, -0.05) is 27.7 Å². The van der Waals surface area contributed by atoms with E-state index in [-0.39, 0.29) is 0 Å². The van der Waals surface area contributed by atoms with Crippen LogP contribution >= 0.6 is 0 Å². The highest BCUT2D eigenvalue weighted by atomic mass is 15.3. The molecule has 124 valence electrons. The first-order valence-corrected chi connectivity index (χ1v) is 9.19. The molecule has 3 heteroatoms. The Morgan fingerprint density at radius 1 is 1.19 bits per heavy atom. The topological polar surface area (TPSA) is 18.5 Å². The lowest BCUT2D eigenvalue weighted by Crippen LogP contribution is -2.64. The molecule has 2 saturated heterocycles. The van der Waals surface area contributed by atoms with Crippen LogP contribution in [0.3, 0.4) is 0 Å². The summed E-state index contributed by atoms with van der Waals surface area (Å²) in [7, 11) is 0. The molecule has 21 heavy (non-hydrogen) atoms. The van der Waals surface area contributed by atoms with Crippen LogP contribution in [0.4, 0.5) is 0 Å². The second-order valence-electron chi connectivity index (χ2n) is 7.91. The average molecular weight is 296 g/mol. The molecule has 0 aromatic heterocycles. The van der Waals surface area contributed by atoms with E-state index in [1.165, 1.54) is 52.0 Å². The Labute approximate surface area is 132 Å². The Morgan fingerprint density at radius 2 is 1.86 bits per heavy atom. The molecule has 0 aromatic carbocycles. The van der Waals surface area contributed by atoms with Crippen LogP contribution in [0.5, 0.6) is 0 Å². The minimum atomic E-state index is 0.315. The predicted octanol–water partition coefficient (Wildman–Crippen LogP) is 2.82. The number of likely N-dealkylation sites (tertiary alicyclic amines) is 1. The van der Waals surface area contributed by atoms with Crippen molar-refractivity contribution >= 4 is 0 Å². The minimum Gasteiger partial charge on any atom is -0.309 e. The molecule has 2 unspecified atom stereocenters. The SMILES string of the molecule is CCN1CCC(CN2CC(C)(CC)NCC2C(C)C)CC1. The van der Waals surface area contributed by atoms with Gasteiger partial charge in [0.2, 0.25) is 0 Å². The van der Waals surface area contributed by atoms with Gasteiger partial charge in [0.15, 0.2) is 0 Å². The first kappa shape index (κ1) is 17.2. The Morgan fingerprint density at radius 3 is 2.38 bits per heavy atom. The van der Waals surface area contributed by atoms with Gasteiger partial charge < -0.3 is 10.2 Å². The Hall–Kier alpha value is -0.120. The first-order chi connectivity index (χ1) is 9.97. The molecule has 0 aliphatic carbocycles. The molecule has 2 aliphatic heterocycles. The molecule has 0 aromatic rings. The van der Waals surface area contributed by atoms with Gasteiger partial charge in [0.05, 0.1) is 0 Å². The van der Waals surface area contributed by atoms with E-state index in [0.717, 1.165) is 18.4 Å².